The Kier molecular flexibility index (Phi) is 7.95. The molecule has 0 bridgehead atoms. The van der Waals surface area contributed by atoms with E-state index in [1.54, 1.807) is 24.0 Å². The first-order chi connectivity index (χ1) is 17.5. The molecule has 190 valence electrons. The van der Waals surface area contributed by atoms with Gasteiger partial charge in [-0.05, 0) is 48.9 Å². The molecule has 1 aliphatic rings. The summed E-state index contributed by atoms with van der Waals surface area (Å²) in [6.07, 6.45) is 3.70. The average molecular weight is 492 g/mol. The molecule has 0 N–H and O–H groups in total. The Hall–Kier alpha value is -3.78. The maximum atomic E-state index is 14.1. The third kappa shape index (κ3) is 4.81. The zero-order valence-electron chi connectivity index (χ0n) is 21.3. The maximum absolute atomic E-state index is 14.1. The molecular weight excluding hydrogens is 458 g/mol. The minimum absolute atomic E-state index is 0.0555. The number of fused-ring (bicyclic) bond motifs is 3. The maximum Gasteiger partial charge on any atom is 0.249 e. The first-order valence-electron chi connectivity index (χ1n) is 12.1. The number of nitrogens with zero attached hydrogens (tertiary/aromatic N) is 3. The molecule has 2 amide bonds. The molecule has 0 saturated carbocycles. The van der Waals surface area contributed by atoms with Gasteiger partial charge in [-0.15, -0.1) is 0 Å². The van der Waals surface area contributed by atoms with Crippen molar-refractivity contribution in [2.24, 2.45) is 0 Å². The smallest absolute Gasteiger partial charge is 0.249 e. The zero-order valence-corrected chi connectivity index (χ0v) is 21.3. The Morgan fingerprint density at radius 3 is 2.44 bits per heavy atom. The predicted octanol–water partition coefficient (Wildman–Crippen LogP) is 4.21. The van der Waals surface area contributed by atoms with E-state index in [9.17, 15) is 9.59 Å². The number of para-hydroxylation sites is 2. The van der Waals surface area contributed by atoms with Crippen molar-refractivity contribution in [2.75, 3.05) is 45.9 Å². The second kappa shape index (κ2) is 11.3. The van der Waals surface area contributed by atoms with Crippen LogP contribution in [-0.2, 0) is 14.3 Å². The van der Waals surface area contributed by atoms with Gasteiger partial charge in [-0.1, -0.05) is 25.5 Å². The molecule has 0 radical (unpaired) electrons. The third-order valence-corrected chi connectivity index (χ3v) is 6.45. The molecule has 0 fully saturated rings. The normalized spacial score (nSPS) is 14.1. The number of carbonyl (C=O) groups is 2. The molecule has 1 aromatic heterocycles. The summed E-state index contributed by atoms with van der Waals surface area (Å²) in [6.45, 7) is 2.42. The van der Waals surface area contributed by atoms with Crippen molar-refractivity contribution in [1.82, 2.24) is 9.47 Å². The van der Waals surface area contributed by atoms with Crippen LogP contribution in [0.1, 0.15) is 37.1 Å². The van der Waals surface area contributed by atoms with Gasteiger partial charge < -0.3 is 23.7 Å². The number of hydrogen-bond donors (Lipinski definition) is 0. The quantitative estimate of drug-likeness (QED) is 0.425. The Bertz CT molecular complexity index is 1220. The van der Waals surface area contributed by atoms with Crippen molar-refractivity contribution >= 4 is 17.5 Å². The number of unbranched alkanes of at least 4 members (excludes halogenated alkanes) is 1. The molecule has 1 atom stereocenters. The molecule has 1 unspecified atom stereocenters. The number of hydrogen-bond acceptors (Lipinski definition) is 5. The van der Waals surface area contributed by atoms with E-state index in [-0.39, 0.29) is 25.0 Å². The Morgan fingerprint density at radius 1 is 0.972 bits per heavy atom. The van der Waals surface area contributed by atoms with E-state index in [2.05, 4.69) is 11.5 Å². The first kappa shape index (κ1) is 25.3. The molecule has 0 spiro atoms. The van der Waals surface area contributed by atoms with Crippen LogP contribution in [0.4, 0.5) is 5.69 Å². The highest BCUT2D eigenvalue weighted by molar-refractivity contribution is 6.00. The van der Waals surface area contributed by atoms with E-state index in [1.165, 1.54) is 7.11 Å². The highest BCUT2D eigenvalue weighted by atomic mass is 16.5. The summed E-state index contributed by atoms with van der Waals surface area (Å²) in [5, 5.41) is 0. The fourth-order valence-electron chi connectivity index (χ4n) is 4.70. The molecule has 2 aromatic carbocycles. The molecule has 36 heavy (non-hydrogen) atoms. The summed E-state index contributed by atoms with van der Waals surface area (Å²) >= 11 is 0. The van der Waals surface area contributed by atoms with Crippen LogP contribution in [0.2, 0.25) is 0 Å². The van der Waals surface area contributed by atoms with Crippen LogP contribution in [-0.4, -0.2) is 62.3 Å². The van der Waals surface area contributed by atoms with E-state index in [4.69, 9.17) is 14.2 Å². The molecule has 0 aliphatic carbocycles. The van der Waals surface area contributed by atoms with Crippen molar-refractivity contribution in [1.29, 1.82) is 0 Å². The van der Waals surface area contributed by atoms with Gasteiger partial charge >= 0.3 is 0 Å². The van der Waals surface area contributed by atoms with Crippen molar-refractivity contribution in [3.63, 3.8) is 0 Å². The van der Waals surface area contributed by atoms with Crippen molar-refractivity contribution in [3.05, 3.63) is 72.1 Å². The second-order valence-electron chi connectivity index (χ2n) is 8.67. The summed E-state index contributed by atoms with van der Waals surface area (Å²) in [4.78, 5) is 30.3. The summed E-state index contributed by atoms with van der Waals surface area (Å²) < 4.78 is 18.4. The highest BCUT2D eigenvalue weighted by Gasteiger charge is 2.38. The van der Waals surface area contributed by atoms with Crippen LogP contribution in [0, 0.1) is 0 Å². The molecular formula is C28H33N3O5. The van der Waals surface area contributed by atoms with Crippen molar-refractivity contribution in [3.8, 4) is 17.2 Å². The lowest BCUT2D eigenvalue weighted by Crippen LogP contribution is -2.47. The number of rotatable bonds is 10. The minimum Gasteiger partial charge on any atom is -0.497 e. The standard InChI is InChI=1S/C28H33N3O5/c1-5-6-15-29(27(33)19-34-2)18-26(32)31-23-11-8-7-10-22(23)30-16-9-12-24(30)28(31)21-17-20(35-3)13-14-25(21)36-4/h7-14,16-17,28H,5-6,15,18-19H2,1-4H3. The van der Waals surface area contributed by atoms with Gasteiger partial charge in [0.25, 0.3) is 0 Å². The fraction of sp³-hybridized carbons (Fsp3) is 0.357. The van der Waals surface area contributed by atoms with Crippen LogP contribution < -0.4 is 14.4 Å². The number of amides is 2. The minimum atomic E-state index is -0.488. The Labute approximate surface area is 212 Å². The molecule has 3 aromatic rings. The lowest BCUT2D eigenvalue weighted by Gasteiger charge is -2.40. The lowest BCUT2D eigenvalue weighted by molar-refractivity contribution is -0.138. The average Bonchev–Trinajstić information content (AvgIpc) is 3.40. The number of anilines is 1. The predicted molar refractivity (Wildman–Crippen MR) is 138 cm³/mol. The van der Waals surface area contributed by atoms with Gasteiger partial charge in [0.2, 0.25) is 11.8 Å². The molecule has 2 heterocycles. The van der Waals surface area contributed by atoms with Crippen LogP contribution in [0.5, 0.6) is 11.5 Å². The molecule has 8 heteroatoms. The molecule has 4 rings (SSSR count). The SMILES string of the molecule is CCCCN(CC(=O)N1c2ccccc2-n2cccc2C1c1cc(OC)ccc1OC)C(=O)COC. The van der Waals surface area contributed by atoms with Gasteiger partial charge in [0.1, 0.15) is 30.7 Å². The molecule has 1 aliphatic heterocycles. The second-order valence-corrected chi connectivity index (χ2v) is 8.67. The summed E-state index contributed by atoms with van der Waals surface area (Å²) in [5.74, 6) is 0.910. The van der Waals surface area contributed by atoms with Gasteiger partial charge in [-0.2, -0.15) is 0 Å². The van der Waals surface area contributed by atoms with E-state index >= 15 is 0 Å². The van der Waals surface area contributed by atoms with Gasteiger partial charge in [-0.3, -0.25) is 14.5 Å². The van der Waals surface area contributed by atoms with Crippen molar-refractivity contribution < 1.29 is 23.8 Å². The summed E-state index contributed by atoms with van der Waals surface area (Å²) in [6, 6.07) is 16.9. The fourth-order valence-corrected chi connectivity index (χ4v) is 4.70. The third-order valence-electron chi connectivity index (χ3n) is 6.45. The number of carbonyl (C=O) groups excluding carboxylic acids is 2. The van der Waals surface area contributed by atoms with Crippen LogP contribution in [0.3, 0.4) is 0 Å². The van der Waals surface area contributed by atoms with E-state index in [1.807, 2.05) is 60.8 Å². The van der Waals surface area contributed by atoms with E-state index in [0.717, 1.165) is 35.5 Å². The number of methoxy groups -OCH3 is 3. The lowest BCUT2D eigenvalue weighted by atomic mass is 9.96. The van der Waals surface area contributed by atoms with Gasteiger partial charge in [0, 0.05) is 25.4 Å². The number of benzene rings is 2. The molecule has 0 saturated heterocycles. The Balaban J connectivity index is 1.84. The monoisotopic (exact) mass is 491 g/mol. The number of aromatic nitrogens is 1. The largest absolute Gasteiger partial charge is 0.497 e. The zero-order chi connectivity index (χ0) is 25.7. The highest BCUT2D eigenvalue weighted by Crippen LogP contribution is 2.45. The van der Waals surface area contributed by atoms with Gasteiger partial charge in [0.05, 0.1) is 31.3 Å². The van der Waals surface area contributed by atoms with E-state index < -0.39 is 6.04 Å². The van der Waals surface area contributed by atoms with Crippen LogP contribution in [0.15, 0.2) is 60.8 Å². The molecule has 8 nitrogen and oxygen atoms in total. The Morgan fingerprint density at radius 2 is 1.75 bits per heavy atom. The summed E-state index contributed by atoms with van der Waals surface area (Å²) in [7, 11) is 4.71. The van der Waals surface area contributed by atoms with Gasteiger partial charge in [0.15, 0.2) is 0 Å². The van der Waals surface area contributed by atoms with Crippen molar-refractivity contribution in [2.45, 2.75) is 25.8 Å². The van der Waals surface area contributed by atoms with Crippen LogP contribution in [0.25, 0.3) is 5.69 Å². The van der Waals surface area contributed by atoms with Gasteiger partial charge in [-0.25, -0.2) is 0 Å². The van der Waals surface area contributed by atoms with E-state index in [0.29, 0.717) is 18.0 Å². The van der Waals surface area contributed by atoms with Crippen LogP contribution >= 0.6 is 0 Å². The topological polar surface area (TPSA) is 73.2 Å². The number of ether oxygens (including phenoxy) is 3. The first-order valence-corrected chi connectivity index (χ1v) is 12.1. The summed E-state index contributed by atoms with van der Waals surface area (Å²) in [5.41, 5.74) is 3.36.